The molecule has 2 fully saturated rings. The number of aromatic nitrogens is 2. The zero-order valence-corrected chi connectivity index (χ0v) is 17.5. The molecule has 4 heterocycles. The first-order chi connectivity index (χ1) is 13.9. The van der Waals surface area contributed by atoms with Gasteiger partial charge in [0.05, 0.1) is 24.7 Å². The first-order valence-corrected chi connectivity index (χ1v) is 10.7. The van der Waals surface area contributed by atoms with Gasteiger partial charge in [-0.25, -0.2) is 9.37 Å². The van der Waals surface area contributed by atoms with E-state index in [4.69, 9.17) is 9.47 Å². The van der Waals surface area contributed by atoms with Crippen LogP contribution in [0.3, 0.4) is 0 Å². The van der Waals surface area contributed by atoms with Gasteiger partial charge in [0, 0.05) is 23.7 Å². The zero-order valence-electron chi connectivity index (χ0n) is 17.5. The molecular weight excluding hydrogens is 369 g/mol. The number of nitrogens with one attached hydrogen (secondary N) is 1. The van der Waals surface area contributed by atoms with E-state index in [0.29, 0.717) is 0 Å². The standard InChI is InChI=1S/C23H30FN3O2/c1-15-19(26-14-25-15)12-27-8-6-23(7-9-27)11-18-21(28-13-23)17-10-16(24)4-5-20(17)29-22(18,2)3/h4-5,10,14,18,21H,6-9,11-13H2,1-3H3,(H,25,26). The van der Waals surface area contributed by atoms with Crippen molar-refractivity contribution in [3.63, 3.8) is 0 Å². The van der Waals surface area contributed by atoms with Crippen LogP contribution in [-0.4, -0.2) is 40.2 Å². The highest BCUT2D eigenvalue weighted by Gasteiger charge is 2.52. The van der Waals surface area contributed by atoms with Gasteiger partial charge in [0.2, 0.25) is 0 Å². The second-order valence-electron chi connectivity index (χ2n) is 9.68. The van der Waals surface area contributed by atoms with Crippen LogP contribution in [0.1, 0.15) is 56.2 Å². The number of aryl methyl sites for hydroxylation is 1. The van der Waals surface area contributed by atoms with Crippen molar-refractivity contribution < 1.29 is 13.9 Å². The van der Waals surface area contributed by atoms with E-state index in [-0.39, 0.29) is 28.9 Å². The van der Waals surface area contributed by atoms with Crippen LogP contribution in [-0.2, 0) is 11.3 Å². The predicted molar refractivity (Wildman–Crippen MR) is 108 cm³/mol. The molecule has 3 aliphatic rings. The van der Waals surface area contributed by atoms with E-state index in [1.165, 1.54) is 6.07 Å². The average molecular weight is 400 g/mol. The minimum atomic E-state index is -0.327. The van der Waals surface area contributed by atoms with Crippen molar-refractivity contribution in [2.75, 3.05) is 19.7 Å². The second-order valence-corrected chi connectivity index (χ2v) is 9.68. The largest absolute Gasteiger partial charge is 0.487 e. The molecule has 5 rings (SSSR count). The maximum atomic E-state index is 13.9. The summed E-state index contributed by atoms with van der Waals surface area (Å²) in [5, 5.41) is 0. The molecule has 1 aromatic carbocycles. The fraction of sp³-hybridized carbons (Fsp3) is 0.609. The summed E-state index contributed by atoms with van der Waals surface area (Å²) < 4.78 is 26.7. The SMILES string of the molecule is Cc1[nH]cnc1CN1CCC2(CC1)COC1c3cc(F)ccc3OC(C)(C)C1C2. The number of hydrogen-bond donors (Lipinski definition) is 1. The summed E-state index contributed by atoms with van der Waals surface area (Å²) in [6, 6.07) is 4.80. The molecule has 1 spiro atoms. The summed E-state index contributed by atoms with van der Waals surface area (Å²) in [6.45, 7) is 10.1. The first kappa shape index (κ1) is 19.1. The lowest BCUT2D eigenvalue weighted by Gasteiger charge is -2.54. The average Bonchev–Trinajstić information content (AvgIpc) is 3.09. The van der Waals surface area contributed by atoms with E-state index in [0.717, 1.165) is 68.2 Å². The van der Waals surface area contributed by atoms with Crippen molar-refractivity contribution in [3.05, 3.63) is 47.3 Å². The minimum absolute atomic E-state index is 0.0835. The molecule has 6 heteroatoms. The van der Waals surface area contributed by atoms with Crippen molar-refractivity contribution in [2.45, 2.75) is 58.3 Å². The van der Waals surface area contributed by atoms with Gasteiger partial charge in [0.1, 0.15) is 17.2 Å². The molecule has 0 aliphatic carbocycles. The number of likely N-dealkylation sites (tertiary alicyclic amines) is 1. The number of fused-ring (bicyclic) bond motifs is 3. The Morgan fingerprint density at radius 3 is 2.79 bits per heavy atom. The van der Waals surface area contributed by atoms with Gasteiger partial charge in [0.25, 0.3) is 0 Å². The molecule has 0 amide bonds. The quantitative estimate of drug-likeness (QED) is 0.814. The summed E-state index contributed by atoms with van der Waals surface area (Å²) >= 11 is 0. The van der Waals surface area contributed by atoms with Crippen molar-refractivity contribution in [1.29, 1.82) is 0 Å². The Morgan fingerprint density at radius 2 is 2.07 bits per heavy atom. The van der Waals surface area contributed by atoms with Gasteiger partial charge in [-0.3, -0.25) is 4.90 Å². The summed E-state index contributed by atoms with van der Waals surface area (Å²) in [5.41, 5.74) is 3.02. The summed E-state index contributed by atoms with van der Waals surface area (Å²) in [5.74, 6) is 0.764. The maximum absolute atomic E-state index is 13.9. The highest BCUT2D eigenvalue weighted by Crippen LogP contribution is 2.55. The Balaban J connectivity index is 1.31. The van der Waals surface area contributed by atoms with E-state index in [2.05, 4.69) is 35.6 Å². The maximum Gasteiger partial charge on any atom is 0.126 e. The molecule has 2 unspecified atom stereocenters. The number of H-pyrrole nitrogens is 1. The molecule has 5 nitrogen and oxygen atoms in total. The van der Waals surface area contributed by atoms with Gasteiger partial charge in [-0.05, 0) is 76.7 Å². The van der Waals surface area contributed by atoms with E-state index in [1.54, 1.807) is 18.5 Å². The van der Waals surface area contributed by atoms with Gasteiger partial charge in [-0.2, -0.15) is 0 Å². The lowest BCUT2D eigenvalue weighted by atomic mass is 9.64. The fourth-order valence-electron chi connectivity index (χ4n) is 5.42. The summed E-state index contributed by atoms with van der Waals surface area (Å²) in [7, 11) is 0. The predicted octanol–water partition coefficient (Wildman–Crippen LogP) is 4.39. The third-order valence-corrected chi connectivity index (χ3v) is 7.36. The third kappa shape index (κ3) is 3.36. The first-order valence-electron chi connectivity index (χ1n) is 10.7. The number of halogens is 1. The van der Waals surface area contributed by atoms with Gasteiger partial charge < -0.3 is 14.5 Å². The molecule has 2 atom stereocenters. The number of piperidine rings is 1. The van der Waals surface area contributed by atoms with Crippen LogP contribution in [0, 0.1) is 24.1 Å². The molecule has 2 saturated heterocycles. The van der Waals surface area contributed by atoms with E-state index in [9.17, 15) is 4.39 Å². The van der Waals surface area contributed by atoms with Crippen LogP contribution in [0.4, 0.5) is 4.39 Å². The van der Waals surface area contributed by atoms with Gasteiger partial charge in [0.15, 0.2) is 0 Å². The van der Waals surface area contributed by atoms with Crippen LogP contribution < -0.4 is 4.74 Å². The van der Waals surface area contributed by atoms with Crippen LogP contribution in [0.2, 0.25) is 0 Å². The monoisotopic (exact) mass is 399 g/mol. The van der Waals surface area contributed by atoms with Crippen LogP contribution >= 0.6 is 0 Å². The Morgan fingerprint density at radius 1 is 1.28 bits per heavy atom. The number of aromatic amines is 1. The smallest absolute Gasteiger partial charge is 0.126 e. The lowest BCUT2D eigenvalue weighted by molar-refractivity contribution is -0.174. The third-order valence-electron chi connectivity index (χ3n) is 7.36. The highest BCUT2D eigenvalue weighted by atomic mass is 19.1. The van der Waals surface area contributed by atoms with Gasteiger partial charge >= 0.3 is 0 Å². The van der Waals surface area contributed by atoms with Crippen LogP contribution in [0.25, 0.3) is 0 Å². The van der Waals surface area contributed by atoms with Gasteiger partial charge in [-0.15, -0.1) is 0 Å². The zero-order chi connectivity index (χ0) is 20.2. The second kappa shape index (κ2) is 6.81. The molecule has 1 N–H and O–H groups in total. The van der Waals surface area contributed by atoms with Crippen molar-refractivity contribution >= 4 is 0 Å². The fourth-order valence-corrected chi connectivity index (χ4v) is 5.42. The van der Waals surface area contributed by atoms with Crippen LogP contribution in [0.5, 0.6) is 5.75 Å². The number of hydrogen-bond acceptors (Lipinski definition) is 4. The van der Waals surface area contributed by atoms with E-state index in [1.807, 2.05) is 0 Å². The Bertz CT molecular complexity index is 901. The number of benzene rings is 1. The number of nitrogens with zero attached hydrogens (tertiary/aromatic N) is 2. The number of imidazole rings is 1. The topological polar surface area (TPSA) is 50.4 Å². The highest BCUT2D eigenvalue weighted by molar-refractivity contribution is 5.39. The molecule has 1 aromatic heterocycles. The molecule has 0 bridgehead atoms. The normalized spacial score (nSPS) is 27.9. The lowest BCUT2D eigenvalue weighted by Crippen LogP contribution is -2.54. The Labute approximate surface area is 171 Å². The molecule has 156 valence electrons. The van der Waals surface area contributed by atoms with Crippen molar-refractivity contribution in [2.24, 2.45) is 11.3 Å². The molecule has 0 radical (unpaired) electrons. The Kier molecular flexibility index (Phi) is 4.48. The summed E-state index contributed by atoms with van der Waals surface area (Å²) in [4.78, 5) is 10.1. The number of rotatable bonds is 2. The molecule has 2 aromatic rings. The van der Waals surface area contributed by atoms with E-state index >= 15 is 0 Å². The molecule has 0 saturated carbocycles. The molecular formula is C23H30FN3O2. The Hall–Kier alpha value is -1.92. The van der Waals surface area contributed by atoms with Crippen molar-refractivity contribution in [3.8, 4) is 5.75 Å². The van der Waals surface area contributed by atoms with E-state index < -0.39 is 0 Å². The minimum Gasteiger partial charge on any atom is -0.487 e. The summed E-state index contributed by atoms with van der Waals surface area (Å²) in [6.07, 6.45) is 4.99. The molecule has 3 aliphatic heterocycles. The van der Waals surface area contributed by atoms with Crippen LogP contribution in [0.15, 0.2) is 24.5 Å². The molecule has 29 heavy (non-hydrogen) atoms. The van der Waals surface area contributed by atoms with Gasteiger partial charge in [-0.1, -0.05) is 0 Å². The van der Waals surface area contributed by atoms with Crippen molar-refractivity contribution in [1.82, 2.24) is 14.9 Å². The number of ether oxygens (including phenoxy) is 2.